The average Bonchev–Trinajstić information content (AvgIpc) is 3.31. The molecule has 0 aliphatic heterocycles. The van der Waals surface area contributed by atoms with Crippen LogP contribution in [-0.2, 0) is 0 Å². The van der Waals surface area contributed by atoms with Gasteiger partial charge in [0.2, 0.25) is 0 Å². The summed E-state index contributed by atoms with van der Waals surface area (Å²) >= 11 is 7.74. The van der Waals surface area contributed by atoms with Crippen molar-refractivity contribution in [2.75, 3.05) is 0 Å². The van der Waals surface area contributed by atoms with Crippen LogP contribution in [-0.4, -0.2) is 22.0 Å². The molecule has 1 heterocycles. The average molecular weight is 527 g/mol. The second-order valence-electron chi connectivity index (χ2n) is 8.65. The third kappa shape index (κ3) is 5.40. The van der Waals surface area contributed by atoms with E-state index < -0.39 is 5.97 Å². The molecule has 0 aliphatic rings. The number of carbonyl (C=O) groups is 2. The molecular formula is C30H23ClN2O3S. The molecule has 37 heavy (non-hydrogen) atoms. The Morgan fingerprint density at radius 3 is 2.38 bits per heavy atom. The summed E-state index contributed by atoms with van der Waals surface area (Å²) < 4.78 is 0. The van der Waals surface area contributed by atoms with Gasteiger partial charge in [-0.1, -0.05) is 71.9 Å². The minimum atomic E-state index is -0.986. The quantitative estimate of drug-likeness (QED) is 0.202. The maximum atomic E-state index is 13.7. The molecule has 4 aromatic carbocycles. The minimum absolute atomic E-state index is 0.203. The molecule has 0 radical (unpaired) electrons. The van der Waals surface area contributed by atoms with E-state index in [1.807, 2.05) is 73.8 Å². The predicted molar refractivity (Wildman–Crippen MR) is 149 cm³/mol. The number of amides is 1. The first-order valence-electron chi connectivity index (χ1n) is 11.7. The van der Waals surface area contributed by atoms with Crippen LogP contribution in [0.15, 0.2) is 107 Å². The number of H-pyrrole nitrogens is 1. The van der Waals surface area contributed by atoms with Crippen LogP contribution in [0.25, 0.3) is 22.0 Å². The van der Waals surface area contributed by atoms with Gasteiger partial charge >= 0.3 is 5.97 Å². The molecule has 1 amide bonds. The Labute approximate surface area is 223 Å². The Morgan fingerprint density at radius 2 is 1.68 bits per heavy atom. The number of rotatable bonds is 7. The topological polar surface area (TPSA) is 82.2 Å². The summed E-state index contributed by atoms with van der Waals surface area (Å²) in [6.45, 7) is 1.88. The van der Waals surface area contributed by atoms with Crippen LogP contribution in [0.4, 0.5) is 0 Å². The van der Waals surface area contributed by atoms with E-state index in [9.17, 15) is 14.7 Å². The van der Waals surface area contributed by atoms with Crippen LogP contribution in [0, 0.1) is 0 Å². The maximum absolute atomic E-state index is 13.7. The molecule has 1 atom stereocenters. The highest BCUT2D eigenvalue weighted by Gasteiger charge is 2.20. The molecule has 5 nitrogen and oxygen atoms in total. The highest BCUT2D eigenvalue weighted by molar-refractivity contribution is 7.99. The van der Waals surface area contributed by atoms with Gasteiger partial charge in [-0.05, 0) is 66.1 Å². The largest absolute Gasteiger partial charge is 0.478 e. The molecule has 1 aromatic heterocycles. The Morgan fingerprint density at radius 1 is 0.919 bits per heavy atom. The molecule has 0 bridgehead atoms. The van der Waals surface area contributed by atoms with Crippen LogP contribution in [0.3, 0.4) is 0 Å². The highest BCUT2D eigenvalue weighted by Crippen LogP contribution is 2.38. The number of aromatic nitrogens is 1. The van der Waals surface area contributed by atoms with Gasteiger partial charge in [0.25, 0.3) is 5.91 Å². The summed E-state index contributed by atoms with van der Waals surface area (Å²) in [5, 5.41) is 13.7. The van der Waals surface area contributed by atoms with Crippen molar-refractivity contribution in [3.8, 4) is 11.1 Å². The first-order valence-corrected chi connectivity index (χ1v) is 12.9. The van der Waals surface area contributed by atoms with Gasteiger partial charge in [-0.3, -0.25) is 4.79 Å². The number of carboxylic acids is 1. The van der Waals surface area contributed by atoms with Crippen LogP contribution in [0.1, 0.15) is 39.2 Å². The van der Waals surface area contributed by atoms with Crippen molar-refractivity contribution in [3.05, 3.63) is 119 Å². The lowest BCUT2D eigenvalue weighted by molar-refractivity contribution is 0.0696. The van der Waals surface area contributed by atoms with E-state index in [1.165, 1.54) is 11.8 Å². The molecule has 184 valence electrons. The van der Waals surface area contributed by atoms with Gasteiger partial charge in [0.15, 0.2) is 0 Å². The molecule has 0 saturated heterocycles. The Hall–Kier alpha value is -4.00. The van der Waals surface area contributed by atoms with E-state index in [0.29, 0.717) is 10.6 Å². The number of nitrogens with one attached hydrogen (secondary N) is 2. The molecule has 0 aliphatic carbocycles. The smallest absolute Gasteiger partial charge is 0.335 e. The number of aromatic carboxylic acids is 1. The van der Waals surface area contributed by atoms with Gasteiger partial charge in [0, 0.05) is 31.9 Å². The van der Waals surface area contributed by atoms with E-state index in [4.69, 9.17) is 11.6 Å². The zero-order valence-electron chi connectivity index (χ0n) is 19.9. The first kappa shape index (κ1) is 24.7. The number of hydrogen-bond acceptors (Lipinski definition) is 3. The van der Waals surface area contributed by atoms with Crippen LogP contribution in [0.5, 0.6) is 0 Å². The molecule has 5 aromatic rings. The van der Waals surface area contributed by atoms with Crippen molar-refractivity contribution in [1.29, 1.82) is 0 Å². The van der Waals surface area contributed by atoms with Crippen molar-refractivity contribution < 1.29 is 14.7 Å². The third-order valence-electron chi connectivity index (χ3n) is 6.12. The van der Waals surface area contributed by atoms with Gasteiger partial charge in [-0.15, -0.1) is 0 Å². The van der Waals surface area contributed by atoms with Crippen molar-refractivity contribution in [3.63, 3.8) is 0 Å². The number of carbonyl (C=O) groups excluding carboxylic acids is 1. The van der Waals surface area contributed by atoms with E-state index in [-0.39, 0.29) is 17.5 Å². The second kappa shape index (κ2) is 10.5. The molecule has 0 unspecified atom stereocenters. The Balaban J connectivity index is 1.54. The number of carboxylic acid groups (broad SMARTS) is 1. The summed E-state index contributed by atoms with van der Waals surface area (Å²) in [5.41, 5.74) is 4.36. The van der Waals surface area contributed by atoms with E-state index in [0.717, 1.165) is 37.4 Å². The SMILES string of the molecule is C[C@H](NC(=O)c1cc(-c2ccccc2)cc2[nH]cc(Sc3cccc(Cl)c3)c12)c1ccc(C(=O)O)cc1. The molecule has 0 fully saturated rings. The van der Waals surface area contributed by atoms with E-state index in [2.05, 4.69) is 16.4 Å². The molecule has 5 rings (SSSR count). The Bertz CT molecular complexity index is 1600. The first-order chi connectivity index (χ1) is 17.9. The van der Waals surface area contributed by atoms with Crippen LogP contribution in [0.2, 0.25) is 5.02 Å². The van der Waals surface area contributed by atoms with Gasteiger partial charge in [-0.2, -0.15) is 0 Å². The van der Waals surface area contributed by atoms with Crippen molar-refractivity contribution in [2.24, 2.45) is 0 Å². The Kier molecular flexibility index (Phi) is 7.04. The standard InChI is InChI=1S/C30H23ClN2O3S/c1-18(19-10-12-21(13-11-19)30(35)36)33-29(34)25-14-22(20-6-3-2-4-7-20)15-26-28(25)27(17-32-26)37-24-9-5-8-23(31)16-24/h2-18,32H,1H3,(H,33,34)(H,35,36)/t18-/m0/s1. The molecule has 3 N–H and O–H groups in total. The number of benzene rings is 4. The van der Waals surface area contributed by atoms with Crippen molar-refractivity contribution >= 4 is 46.1 Å². The minimum Gasteiger partial charge on any atom is -0.478 e. The second-order valence-corrected chi connectivity index (χ2v) is 10.2. The monoisotopic (exact) mass is 526 g/mol. The number of hydrogen-bond donors (Lipinski definition) is 3. The zero-order valence-corrected chi connectivity index (χ0v) is 21.4. The van der Waals surface area contributed by atoms with Crippen molar-refractivity contribution in [2.45, 2.75) is 22.8 Å². The summed E-state index contributed by atoms with van der Waals surface area (Å²) in [4.78, 5) is 30.1. The fraction of sp³-hybridized carbons (Fsp3) is 0.0667. The van der Waals surface area contributed by atoms with Crippen LogP contribution < -0.4 is 5.32 Å². The number of aromatic amines is 1. The van der Waals surface area contributed by atoms with E-state index in [1.54, 1.807) is 24.3 Å². The van der Waals surface area contributed by atoms with Crippen molar-refractivity contribution in [1.82, 2.24) is 10.3 Å². The number of halogens is 1. The molecular weight excluding hydrogens is 504 g/mol. The molecule has 0 saturated carbocycles. The highest BCUT2D eigenvalue weighted by atomic mass is 35.5. The van der Waals surface area contributed by atoms with Crippen LogP contribution >= 0.6 is 23.4 Å². The summed E-state index contributed by atoms with van der Waals surface area (Å²) in [6, 6.07) is 27.7. The van der Waals surface area contributed by atoms with Gasteiger partial charge in [0.05, 0.1) is 17.2 Å². The fourth-order valence-corrected chi connectivity index (χ4v) is 5.50. The zero-order chi connectivity index (χ0) is 25.9. The summed E-state index contributed by atoms with van der Waals surface area (Å²) in [6.07, 6.45) is 1.91. The van der Waals surface area contributed by atoms with Gasteiger partial charge in [-0.25, -0.2) is 4.79 Å². The lowest BCUT2D eigenvalue weighted by atomic mass is 9.99. The predicted octanol–water partition coefficient (Wildman–Crippen LogP) is 7.83. The summed E-state index contributed by atoms with van der Waals surface area (Å²) in [7, 11) is 0. The maximum Gasteiger partial charge on any atom is 0.335 e. The number of fused-ring (bicyclic) bond motifs is 1. The fourth-order valence-electron chi connectivity index (χ4n) is 4.22. The molecule has 0 spiro atoms. The molecule has 7 heteroatoms. The van der Waals surface area contributed by atoms with Gasteiger partial charge in [0.1, 0.15) is 0 Å². The third-order valence-corrected chi connectivity index (χ3v) is 7.39. The normalized spacial score (nSPS) is 11.8. The summed E-state index contributed by atoms with van der Waals surface area (Å²) in [5.74, 6) is -1.20. The van der Waals surface area contributed by atoms with E-state index >= 15 is 0 Å². The van der Waals surface area contributed by atoms with Gasteiger partial charge < -0.3 is 15.4 Å². The lowest BCUT2D eigenvalue weighted by Crippen LogP contribution is -2.27. The lowest BCUT2D eigenvalue weighted by Gasteiger charge is -2.16.